The molecule has 1 aromatic heterocycles. The van der Waals surface area contributed by atoms with E-state index in [4.69, 9.17) is 5.26 Å². The van der Waals surface area contributed by atoms with Gasteiger partial charge in [-0.15, -0.1) is 0 Å². The standard InChI is InChI=1S/C19H19N3O2/c20-12-13-4-3-6-14(13)18(23)9-11-22-19(24)16-8-10-21-17-7-2-1-5-15(16)17/h1-2,5,7-8,10,13-14H,3-4,6,9,11H2,(H,22,24)/t13-,14?/m0/s1. The third-order valence-electron chi connectivity index (χ3n) is 4.65. The zero-order valence-electron chi connectivity index (χ0n) is 13.4. The van der Waals surface area contributed by atoms with E-state index in [0.717, 1.165) is 30.2 Å². The summed E-state index contributed by atoms with van der Waals surface area (Å²) in [5.41, 5.74) is 1.33. The molecule has 0 spiro atoms. The lowest BCUT2D eigenvalue weighted by atomic mass is 9.91. The van der Waals surface area contributed by atoms with Gasteiger partial charge in [0.05, 0.1) is 23.1 Å². The summed E-state index contributed by atoms with van der Waals surface area (Å²) in [5, 5.41) is 12.7. The Morgan fingerprint density at radius 2 is 2.08 bits per heavy atom. The Bertz CT molecular complexity index is 804. The first-order valence-electron chi connectivity index (χ1n) is 8.25. The largest absolute Gasteiger partial charge is 0.352 e. The van der Waals surface area contributed by atoms with Crippen LogP contribution in [-0.2, 0) is 4.79 Å². The minimum Gasteiger partial charge on any atom is -0.352 e. The van der Waals surface area contributed by atoms with Crippen molar-refractivity contribution in [1.29, 1.82) is 5.26 Å². The van der Waals surface area contributed by atoms with Gasteiger partial charge in [0.1, 0.15) is 5.78 Å². The van der Waals surface area contributed by atoms with E-state index in [1.165, 1.54) is 0 Å². The summed E-state index contributed by atoms with van der Waals surface area (Å²) >= 11 is 0. The van der Waals surface area contributed by atoms with Crippen molar-refractivity contribution in [3.63, 3.8) is 0 Å². The molecule has 1 heterocycles. The van der Waals surface area contributed by atoms with E-state index in [1.54, 1.807) is 12.3 Å². The van der Waals surface area contributed by atoms with Crippen molar-refractivity contribution in [2.24, 2.45) is 11.8 Å². The van der Waals surface area contributed by atoms with Crippen molar-refractivity contribution in [2.45, 2.75) is 25.7 Å². The number of para-hydroxylation sites is 1. The number of amides is 1. The molecule has 0 radical (unpaired) electrons. The number of nitriles is 1. The van der Waals surface area contributed by atoms with Crippen molar-refractivity contribution >= 4 is 22.6 Å². The molecule has 1 N–H and O–H groups in total. The molecule has 24 heavy (non-hydrogen) atoms. The number of aromatic nitrogens is 1. The first kappa shape index (κ1) is 16.1. The quantitative estimate of drug-likeness (QED) is 0.918. The summed E-state index contributed by atoms with van der Waals surface area (Å²) in [5.74, 6) is -0.436. The van der Waals surface area contributed by atoms with Crippen LogP contribution in [0.15, 0.2) is 36.5 Å². The second kappa shape index (κ2) is 7.22. The van der Waals surface area contributed by atoms with Gasteiger partial charge >= 0.3 is 0 Å². The molecule has 1 amide bonds. The zero-order valence-corrected chi connectivity index (χ0v) is 13.4. The first-order chi connectivity index (χ1) is 11.7. The Hall–Kier alpha value is -2.74. The van der Waals surface area contributed by atoms with Crippen LogP contribution >= 0.6 is 0 Å². The highest BCUT2D eigenvalue weighted by atomic mass is 16.2. The van der Waals surface area contributed by atoms with Gasteiger partial charge in [0, 0.05) is 30.5 Å². The van der Waals surface area contributed by atoms with Crippen molar-refractivity contribution in [1.82, 2.24) is 10.3 Å². The molecule has 0 saturated heterocycles. The van der Waals surface area contributed by atoms with E-state index in [0.29, 0.717) is 12.1 Å². The Morgan fingerprint density at radius 1 is 1.25 bits per heavy atom. The monoisotopic (exact) mass is 321 g/mol. The number of hydrogen-bond donors (Lipinski definition) is 1. The normalized spacial score (nSPS) is 19.8. The SMILES string of the molecule is N#C[C@@H]1CCCC1C(=O)CCNC(=O)c1ccnc2ccccc12. The van der Waals surface area contributed by atoms with Crippen LogP contribution in [0.4, 0.5) is 0 Å². The molecule has 1 aliphatic rings. The summed E-state index contributed by atoms with van der Waals surface area (Å²) in [6.07, 6.45) is 4.42. The molecule has 1 aromatic carbocycles. The maximum absolute atomic E-state index is 12.4. The van der Waals surface area contributed by atoms with E-state index in [1.807, 2.05) is 24.3 Å². The average molecular weight is 321 g/mol. The molecule has 0 aliphatic heterocycles. The van der Waals surface area contributed by atoms with Crippen LogP contribution < -0.4 is 5.32 Å². The number of nitrogens with one attached hydrogen (secondary N) is 1. The maximum Gasteiger partial charge on any atom is 0.252 e. The molecule has 2 atom stereocenters. The molecule has 122 valence electrons. The number of benzene rings is 1. The molecule has 0 bridgehead atoms. The van der Waals surface area contributed by atoms with Gasteiger partial charge < -0.3 is 5.32 Å². The van der Waals surface area contributed by atoms with Gasteiger partial charge in [-0.2, -0.15) is 5.26 Å². The van der Waals surface area contributed by atoms with Crippen molar-refractivity contribution in [3.05, 3.63) is 42.1 Å². The number of rotatable bonds is 5. The molecule has 5 nitrogen and oxygen atoms in total. The van der Waals surface area contributed by atoms with Crippen LogP contribution in [0, 0.1) is 23.2 Å². The topological polar surface area (TPSA) is 82.9 Å². The summed E-state index contributed by atoms with van der Waals surface area (Å²) in [7, 11) is 0. The van der Waals surface area contributed by atoms with Gasteiger partial charge in [0.2, 0.25) is 0 Å². The molecular formula is C19H19N3O2. The molecular weight excluding hydrogens is 302 g/mol. The lowest BCUT2D eigenvalue weighted by molar-refractivity contribution is -0.123. The summed E-state index contributed by atoms with van der Waals surface area (Å²) in [4.78, 5) is 28.9. The average Bonchev–Trinajstić information content (AvgIpc) is 3.10. The van der Waals surface area contributed by atoms with Crippen LogP contribution in [0.5, 0.6) is 0 Å². The van der Waals surface area contributed by atoms with Gasteiger partial charge in [-0.25, -0.2) is 0 Å². The van der Waals surface area contributed by atoms with Crippen molar-refractivity contribution in [2.75, 3.05) is 6.54 Å². The molecule has 1 aliphatic carbocycles. The molecule has 2 aromatic rings. The number of pyridine rings is 1. The highest BCUT2D eigenvalue weighted by Gasteiger charge is 2.32. The fraction of sp³-hybridized carbons (Fsp3) is 0.368. The molecule has 3 rings (SSSR count). The van der Waals surface area contributed by atoms with Gasteiger partial charge in [-0.1, -0.05) is 24.6 Å². The van der Waals surface area contributed by atoms with Crippen molar-refractivity contribution in [3.8, 4) is 6.07 Å². The van der Waals surface area contributed by atoms with Crippen LogP contribution in [0.25, 0.3) is 10.9 Å². The van der Waals surface area contributed by atoms with Gasteiger partial charge in [0.15, 0.2) is 0 Å². The molecule has 1 fully saturated rings. The number of fused-ring (bicyclic) bond motifs is 1. The predicted molar refractivity (Wildman–Crippen MR) is 90.1 cm³/mol. The van der Waals surface area contributed by atoms with Crippen LogP contribution in [0.2, 0.25) is 0 Å². The summed E-state index contributed by atoms with van der Waals surface area (Å²) in [6, 6.07) is 11.4. The van der Waals surface area contributed by atoms with E-state index < -0.39 is 0 Å². The number of carbonyl (C=O) groups excluding carboxylic acids is 2. The zero-order chi connectivity index (χ0) is 16.9. The number of carbonyl (C=O) groups is 2. The predicted octanol–water partition coefficient (Wildman–Crippen LogP) is 2.86. The minimum atomic E-state index is -0.204. The molecule has 1 unspecified atom stereocenters. The van der Waals surface area contributed by atoms with Crippen LogP contribution in [0.3, 0.4) is 0 Å². The number of Topliss-reactive ketones (excluding diaryl/α,β-unsaturated/α-hetero) is 1. The number of hydrogen-bond acceptors (Lipinski definition) is 4. The second-order valence-electron chi connectivity index (χ2n) is 6.12. The fourth-order valence-electron chi connectivity index (χ4n) is 3.37. The lowest BCUT2D eigenvalue weighted by Crippen LogP contribution is -2.28. The highest BCUT2D eigenvalue weighted by Crippen LogP contribution is 2.32. The second-order valence-corrected chi connectivity index (χ2v) is 6.12. The van der Waals surface area contributed by atoms with E-state index in [-0.39, 0.29) is 29.9 Å². The Kier molecular flexibility index (Phi) is 4.85. The van der Waals surface area contributed by atoms with Gasteiger partial charge in [-0.05, 0) is 25.0 Å². The third-order valence-corrected chi connectivity index (χ3v) is 4.65. The summed E-state index contributed by atoms with van der Waals surface area (Å²) < 4.78 is 0. The first-order valence-corrected chi connectivity index (χ1v) is 8.25. The van der Waals surface area contributed by atoms with Crippen LogP contribution in [-0.4, -0.2) is 23.2 Å². The Balaban J connectivity index is 1.60. The Labute approximate surface area is 140 Å². The van der Waals surface area contributed by atoms with E-state index in [9.17, 15) is 9.59 Å². The van der Waals surface area contributed by atoms with E-state index in [2.05, 4.69) is 16.4 Å². The number of ketones is 1. The fourth-order valence-corrected chi connectivity index (χ4v) is 3.37. The van der Waals surface area contributed by atoms with Gasteiger partial charge in [-0.3, -0.25) is 14.6 Å². The smallest absolute Gasteiger partial charge is 0.252 e. The summed E-state index contributed by atoms with van der Waals surface area (Å²) in [6.45, 7) is 0.295. The molecule has 1 saturated carbocycles. The van der Waals surface area contributed by atoms with Crippen molar-refractivity contribution < 1.29 is 9.59 Å². The highest BCUT2D eigenvalue weighted by molar-refractivity contribution is 6.06. The Morgan fingerprint density at radius 3 is 2.92 bits per heavy atom. The molecule has 5 heteroatoms. The van der Waals surface area contributed by atoms with Gasteiger partial charge in [0.25, 0.3) is 5.91 Å². The number of nitrogens with zero attached hydrogens (tertiary/aromatic N) is 2. The lowest BCUT2D eigenvalue weighted by Gasteiger charge is -2.12. The third kappa shape index (κ3) is 3.28. The minimum absolute atomic E-state index is 0.0823. The van der Waals surface area contributed by atoms with Crippen LogP contribution in [0.1, 0.15) is 36.0 Å². The maximum atomic E-state index is 12.4. The van der Waals surface area contributed by atoms with E-state index >= 15 is 0 Å².